The fourth-order valence-corrected chi connectivity index (χ4v) is 1.72. The number of halogens is 1. The maximum Gasteiger partial charge on any atom is 0.227 e. The number of hydrogen-bond acceptors (Lipinski definition) is 3. The van der Waals surface area contributed by atoms with Crippen molar-refractivity contribution in [3.63, 3.8) is 0 Å². The van der Waals surface area contributed by atoms with Gasteiger partial charge in [0.15, 0.2) is 10.7 Å². The zero-order chi connectivity index (χ0) is 11.0. The number of pyridine rings is 1. The third-order valence-corrected chi connectivity index (χ3v) is 2.55. The molecule has 0 saturated heterocycles. The Morgan fingerprint density at radius 3 is 2.62 bits per heavy atom. The van der Waals surface area contributed by atoms with E-state index in [1.807, 2.05) is 30.3 Å². The lowest BCUT2D eigenvalue weighted by Gasteiger charge is -1.91. The zero-order valence-electron chi connectivity index (χ0n) is 8.22. The fraction of sp³-hybridized carbons (Fsp3) is 0. The van der Waals surface area contributed by atoms with Gasteiger partial charge in [0.25, 0.3) is 0 Å². The first-order valence-corrected chi connectivity index (χ1v) is 5.19. The van der Waals surface area contributed by atoms with Crippen molar-refractivity contribution >= 4 is 22.7 Å². The molecule has 3 aromatic rings. The molecule has 0 spiro atoms. The summed E-state index contributed by atoms with van der Waals surface area (Å²) >= 11 is 5.91. The molecule has 3 nitrogen and oxygen atoms in total. The highest BCUT2D eigenvalue weighted by molar-refractivity contribution is 6.33. The van der Waals surface area contributed by atoms with Gasteiger partial charge in [-0.3, -0.25) is 0 Å². The molecule has 78 valence electrons. The predicted molar refractivity (Wildman–Crippen MR) is 62.3 cm³/mol. The molecule has 0 N–H and O–H groups in total. The summed E-state index contributed by atoms with van der Waals surface area (Å²) in [6.07, 6.45) is 1.61. The minimum Gasteiger partial charge on any atom is -0.433 e. The summed E-state index contributed by atoms with van der Waals surface area (Å²) in [5, 5.41) is 0.340. The van der Waals surface area contributed by atoms with Gasteiger partial charge in [-0.1, -0.05) is 29.8 Å². The van der Waals surface area contributed by atoms with Gasteiger partial charge >= 0.3 is 0 Å². The standard InChI is InChI=1S/C12H7ClN2O/c13-11-10-9(6-7-14-11)15-12(16-10)8-4-2-1-3-5-8/h1-7H. The van der Waals surface area contributed by atoms with Crippen molar-refractivity contribution in [2.45, 2.75) is 0 Å². The molecule has 0 saturated carbocycles. The van der Waals surface area contributed by atoms with E-state index >= 15 is 0 Å². The van der Waals surface area contributed by atoms with E-state index in [4.69, 9.17) is 16.0 Å². The van der Waals surface area contributed by atoms with E-state index < -0.39 is 0 Å². The summed E-state index contributed by atoms with van der Waals surface area (Å²) in [4.78, 5) is 8.30. The average Bonchev–Trinajstić information content (AvgIpc) is 2.76. The second-order valence-corrected chi connectivity index (χ2v) is 3.69. The molecule has 0 aliphatic carbocycles. The fourth-order valence-electron chi connectivity index (χ4n) is 1.53. The molecule has 0 unspecified atom stereocenters. The normalized spacial score (nSPS) is 10.8. The van der Waals surface area contributed by atoms with Crippen LogP contribution in [0, 0.1) is 0 Å². The van der Waals surface area contributed by atoms with Crippen LogP contribution in [0.2, 0.25) is 5.15 Å². The van der Waals surface area contributed by atoms with E-state index in [1.54, 1.807) is 12.3 Å². The maximum absolute atomic E-state index is 5.91. The Labute approximate surface area is 96.7 Å². The topological polar surface area (TPSA) is 38.9 Å². The summed E-state index contributed by atoms with van der Waals surface area (Å²) < 4.78 is 5.58. The van der Waals surface area contributed by atoms with E-state index in [-0.39, 0.29) is 0 Å². The van der Waals surface area contributed by atoms with Crippen molar-refractivity contribution < 1.29 is 4.42 Å². The minimum absolute atomic E-state index is 0.340. The first-order chi connectivity index (χ1) is 7.84. The smallest absolute Gasteiger partial charge is 0.227 e. The number of nitrogens with zero attached hydrogens (tertiary/aromatic N) is 2. The molecular formula is C12H7ClN2O. The molecule has 2 heterocycles. The molecule has 0 bridgehead atoms. The van der Waals surface area contributed by atoms with E-state index in [9.17, 15) is 0 Å². The van der Waals surface area contributed by atoms with Gasteiger partial charge in [0, 0.05) is 11.8 Å². The van der Waals surface area contributed by atoms with Crippen molar-refractivity contribution in [2.24, 2.45) is 0 Å². The number of hydrogen-bond donors (Lipinski definition) is 0. The Balaban J connectivity index is 2.23. The Bertz CT molecular complexity index is 634. The van der Waals surface area contributed by atoms with Crippen molar-refractivity contribution in [1.29, 1.82) is 0 Å². The predicted octanol–water partition coefficient (Wildman–Crippen LogP) is 3.54. The van der Waals surface area contributed by atoms with Crippen LogP contribution in [0.1, 0.15) is 0 Å². The van der Waals surface area contributed by atoms with Crippen LogP contribution in [-0.2, 0) is 0 Å². The van der Waals surface area contributed by atoms with Crippen molar-refractivity contribution in [1.82, 2.24) is 9.97 Å². The van der Waals surface area contributed by atoms with E-state index in [0.29, 0.717) is 16.6 Å². The summed E-state index contributed by atoms with van der Waals surface area (Å²) in [6.45, 7) is 0. The van der Waals surface area contributed by atoms with Crippen LogP contribution < -0.4 is 0 Å². The lowest BCUT2D eigenvalue weighted by molar-refractivity contribution is 0.618. The first kappa shape index (κ1) is 9.36. The SMILES string of the molecule is Clc1nccc2nc(-c3ccccc3)oc12. The van der Waals surface area contributed by atoms with Crippen LogP contribution in [0.5, 0.6) is 0 Å². The van der Waals surface area contributed by atoms with Gasteiger partial charge in [-0.15, -0.1) is 0 Å². The first-order valence-electron chi connectivity index (χ1n) is 4.81. The van der Waals surface area contributed by atoms with Gasteiger partial charge in [0.1, 0.15) is 5.52 Å². The molecule has 0 aliphatic heterocycles. The van der Waals surface area contributed by atoms with Gasteiger partial charge in [-0.2, -0.15) is 0 Å². The summed E-state index contributed by atoms with van der Waals surface area (Å²) in [5.74, 6) is 0.561. The molecule has 1 aromatic carbocycles. The third-order valence-electron chi connectivity index (χ3n) is 2.28. The Hall–Kier alpha value is -1.87. The molecule has 0 amide bonds. The monoisotopic (exact) mass is 230 g/mol. The molecule has 3 rings (SSSR count). The summed E-state index contributed by atoms with van der Waals surface area (Å²) in [5.41, 5.74) is 2.18. The van der Waals surface area contributed by atoms with Crippen molar-refractivity contribution in [2.75, 3.05) is 0 Å². The number of benzene rings is 1. The third kappa shape index (κ3) is 1.46. The van der Waals surface area contributed by atoms with E-state index in [1.165, 1.54) is 0 Å². The molecule has 0 radical (unpaired) electrons. The van der Waals surface area contributed by atoms with Crippen LogP contribution in [0.3, 0.4) is 0 Å². The maximum atomic E-state index is 5.91. The lowest BCUT2D eigenvalue weighted by atomic mass is 10.2. The molecule has 16 heavy (non-hydrogen) atoms. The van der Waals surface area contributed by atoms with E-state index in [0.717, 1.165) is 11.1 Å². The zero-order valence-corrected chi connectivity index (χ0v) is 8.98. The number of rotatable bonds is 1. The summed E-state index contributed by atoms with van der Waals surface area (Å²) in [7, 11) is 0. The van der Waals surface area contributed by atoms with Crippen LogP contribution in [0.25, 0.3) is 22.6 Å². The Morgan fingerprint density at radius 2 is 1.88 bits per heavy atom. The van der Waals surface area contributed by atoms with Gasteiger partial charge in [0.2, 0.25) is 5.89 Å². The highest BCUT2D eigenvalue weighted by Crippen LogP contribution is 2.27. The van der Waals surface area contributed by atoms with Gasteiger partial charge in [-0.05, 0) is 18.2 Å². The largest absolute Gasteiger partial charge is 0.433 e. The molecule has 0 atom stereocenters. The quantitative estimate of drug-likeness (QED) is 0.600. The van der Waals surface area contributed by atoms with Gasteiger partial charge in [-0.25, -0.2) is 9.97 Å². The van der Waals surface area contributed by atoms with Crippen molar-refractivity contribution in [3.8, 4) is 11.5 Å². The second-order valence-electron chi connectivity index (χ2n) is 3.34. The van der Waals surface area contributed by atoms with Gasteiger partial charge < -0.3 is 4.42 Å². The highest BCUT2D eigenvalue weighted by atomic mass is 35.5. The Kier molecular flexibility index (Phi) is 2.11. The van der Waals surface area contributed by atoms with Gasteiger partial charge in [0.05, 0.1) is 0 Å². The summed E-state index contributed by atoms with van der Waals surface area (Å²) in [6, 6.07) is 11.5. The van der Waals surface area contributed by atoms with Crippen LogP contribution >= 0.6 is 11.6 Å². The van der Waals surface area contributed by atoms with Crippen LogP contribution in [-0.4, -0.2) is 9.97 Å². The lowest BCUT2D eigenvalue weighted by Crippen LogP contribution is -1.75. The number of aromatic nitrogens is 2. The Morgan fingerprint density at radius 1 is 1.06 bits per heavy atom. The highest BCUT2D eigenvalue weighted by Gasteiger charge is 2.10. The van der Waals surface area contributed by atoms with E-state index in [2.05, 4.69) is 9.97 Å². The minimum atomic E-state index is 0.340. The number of oxazole rings is 1. The molecule has 4 heteroatoms. The second kappa shape index (κ2) is 3.61. The molecule has 2 aromatic heterocycles. The molecule has 0 aliphatic rings. The number of fused-ring (bicyclic) bond motifs is 1. The van der Waals surface area contributed by atoms with Crippen LogP contribution in [0.15, 0.2) is 47.0 Å². The van der Waals surface area contributed by atoms with Crippen molar-refractivity contribution in [3.05, 3.63) is 47.7 Å². The average molecular weight is 231 g/mol. The molecular weight excluding hydrogens is 224 g/mol. The van der Waals surface area contributed by atoms with Crippen LogP contribution in [0.4, 0.5) is 0 Å². The molecule has 0 fully saturated rings.